The molecule has 0 amide bonds. The van der Waals surface area contributed by atoms with Crippen molar-refractivity contribution in [3.05, 3.63) is 47.5 Å². The zero-order valence-electron chi connectivity index (χ0n) is 10.9. The number of aryl methyl sites for hydroxylation is 2. The summed E-state index contributed by atoms with van der Waals surface area (Å²) in [4.78, 5) is 0. The van der Waals surface area contributed by atoms with E-state index in [0.29, 0.717) is 20.1 Å². The van der Waals surface area contributed by atoms with Gasteiger partial charge < -0.3 is 0 Å². The average molecular weight is 320 g/mol. The van der Waals surface area contributed by atoms with Crippen LogP contribution in [0.25, 0.3) is 0 Å². The van der Waals surface area contributed by atoms with E-state index in [-0.39, 0.29) is 0 Å². The Balaban J connectivity index is 2.54. The first-order valence-electron chi connectivity index (χ1n) is 5.88. The van der Waals surface area contributed by atoms with E-state index < -0.39 is 13.8 Å². The van der Waals surface area contributed by atoms with Crippen molar-refractivity contribution >= 4 is 33.9 Å². The summed E-state index contributed by atoms with van der Waals surface area (Å²) in [5.41, 5.74) is 14.3. The van der Waals surface area contributed by atoms with Crippen molar-refractivity contribution in [1.29, 1.82) is 0 Å². The van der Waals surface area contributed by atoms with Crippen LogP contribution in [0.3, 0.4) is 0 Å². The molecule has 0 radical (unpaired) electrons. The van der Waals surface area contributed by atoms with Gasteiger partial charge >= 0.3 is 115 Å². The molecule has 2 aromatic rings. The molecule has 0 bridgehead atoms. The Morgan fingerprint density at radius 3 is 1.58 bits per heavy atom. The Labute approximate surface area is 115 Å². The Bertz CT molecular complexity index is 628. The van der Waals surface area contributed by atoms with Crippen LogP contribution in [0.5, 0.6) is 0 Å². The van der Waals surface area contributed by atoms with Crippen LogP contribution in [-0.4, -0.2) is 17.9 Å². The summed E-state index contributed by atoms with van der Waals surface area (Å²) in [7, 11) is 0. The number of hydrogen-bond donors (Lipinski definition) is 3. The van der Waals surface area contributed by atoms with Gasteiger partial charge in [-0.25, -0.2) is 0 Å². The zero-order valence-corrected chi connectivity index (χ0v) is 12.8. The van der Waals surface area contributed by atoms with Gasteiger partial charge in [-0.15, -0.1) is 0 Å². The number of anilines is 2. The maximum atomic E-state index is 12.7. The van der Waals surface area contributed by atoms with E-state index in [0.717, 1.165) is 11.1 Å². The molecule has 0 atom stereocenters. The molecule has 0 fully saturated rings. The standard InChI is InChI=1S/C14H17AsN2O2/c1-9-7-11(3-5-13(9)16)15(18,19)12-4-6-14(17)10(2)8-12/h3-8H,16-17H2,1-2H3,(H,18,19). The molecular formula is C14H17AsN2O2. The second kappa shape index (κ2) is 4.80. The summed E-state index contributed by atoms with van der Waals surface area (Å²) in [6.07, 6.45) is 0. The number of hydrogen-bond acceptors (Lipinski definition) is 3. The number of nitrogens with two attached hydrogens (primary N) is 2. The van der Waals surface area contributed by atoms with Crippen LogP contribution in [0.15, 0.2) is 36.4 Å². The van der Waals surface area contributed by atoms with Crippen molar-refractivity contribution in [3.8, 4) is 0 Å². The van der Waals surface area contributed by atoms with Crippen molar-refractivity contribution in [2.45, 2.75) is 13.8 Å². The van der Waals surface area contributed by atoms with Gasteiger partial charge in [-0.1, -0.05) is 0 Å². The van der Waals surface area contributed by atoms with Crippen LogP contribution in [0.1, 0.15) is 11.1 Å². The first-order valence-corrected chi connectivity index (χ1v) is 9.37. The molecule has 0 saturated heterocycles. The van der Waals surface area contributed by atoms with E-state index >= 15 is 0 Å². The molecular weight excluding hydrogens is 303 g/mol. The fourth-order valence-corrected chi connectivity index (χ4v) is 5.18. The van der Waals surface area contributed by atoms with Gasteiger partial charge in [0.2, 0.25) is 0 Å². The fourth-order valence-electron chi connectivity index (χ4n) is 1.85. The minimum absolute atomic E-state index is 0.439. The van der Waals surface area contributed by atoms with E-state index in [4.69, 9.17) is 11.5 Å². The van der Waals surface area contributed by atoms with Gasteiger partial charge in [-0.2, -0.15) is 0 Å². The predicted octanol–water partition coefficient (Wildman–Crippen LogP) is 0.447. The summed E-state index contributed by atoms with van der Waals surface area (Å²) >= 11 is -4.31. The molecule has 0 aliphatic carbocycles. The van der Waals surface area contributed by atoms with Crippen LogP contribution >= 0.6 is 0 Å². The second-order valence-corrected chi connectivity index (χ2v) is 9.24. The Kier molecular flexibility index (Phi) is 3.48. The fraction of sp³-hybridized carbons (Fsp3) is 0.143. The Hall–Kier alpha value is -1.64. The SMILES string of the molecule is Cc1cc([As](=O)(O)c2ccc(N)c(C)c2)ccc1N. The first kappa shape index (κ1) is 13.8. The molecule has 0 saturated carbocycles. The molecule has 0 aliphatic heterocycles. The molecule has 0 aliphatic rings. The summed E-state index contributed by atoms with van der Waals surface area (Å²) in [6, 6.07) is 9.93. The first-order chi connectivity index (χ1) is 8.82. The zero-order chi connectivity index (χ0) is 14.2. The van der Waals surface area contributed by atoms with Gasteiger partial charge in [0, 0.05) is 0 Å². The summed E-state index contributed by atoms with van der Waals surface area (Å²) in [5.74, 6) is 0. The number of nitrogen functional groups attached to an aromatic ring is 2. The van der Waals surface area contributed by atoms with Gasteiger partial charge in [-0.3, -0.25) is 0 Å². The molecule has 19 heavy (non-hydrogen) atoms. The van der Waals surface area contributed by atoms with Crippen LogP contribution < -0.4 is 20.2 Å². The molecule has 0 heterocycles. The van der Waals surface area contributed by atoms with Gasteiger partial charge in [0.1, 0.15) is 0 Å². The summed E-state index contributed by atoms with van der Waals surface area (Å²) in [5, 5.41) is 0. The van der Waals surface area contributed by atoms with Crippen molar-refractivity contribution in [2.75, 3.05) is 11.5 Å². The summed E-state index contributed by atoms with van der Waals surface area (Å²) in [6.45, 7) is 3.64. The minimum atomic E-state index is -4.31. The second-order valence-electron chi connectivity index (χ2n) is 4.66. The maximum absolute atomic E-state index is 12.7. The van der Waals surface area contributed by atoms with Crippen molar-refractivity contribution in [3.63, 3.8) is 0 Å². The predicted molar refractivity (Wildman–Crippen MR) is 79.1 cm³/mol. The Morgan fingerprint density at radius 1 is 0.895 bits per heavy atom. The average Bonchev–Trinajstić information content (AvgIpc) is 2.35. The van der Waals surface area contributed by atoms with Crippen LogP contribution in [0.4, 0.5) is 11.4 Å². The van der Waals surface area contributed by atoms with E-state index in [1.807, 2.05) is 13.8 Å². The molecule has 2 aromatic carbocycles. The monoisotopic (exact) mass is 320 g/mol. The molecule has 2 rings (SSSR count). The Morgan fingerprint density at radius 2 is 1.26 bits per heavy atom. The van der Waals surface area contributed by atoms with Crippen molar-refractivity contribution in [2.24, 2.45) is 0 Å². The third kappa shape index (κ3) is 2.55. The van der Waals surface area contributed by atoms with Gasteiger partial charge in [-0.05, 0) is 0 Å². The van der Waals surface area contributed by atoms with E-state index in [9.17, 15) is 7.84 Å². The van der Waals surface area contributed by atoms with Crippen molar-refractivity contribution in [1.82, 2.24) is 0 Å². The van der Waals surface area contributed by atoms with Gasteiger partial charge in [0.15, 0.2) is 0 Å². The summed E-state index contributed by atoms with van der Waals surface area (Å²) < 4.78 is 24.0. The quantitative estimate of drug-likeness (QED) is 0.553. The van der Waals surface area contributed by atoms with Crippen LogP contribution in [-0.2, 0) is 3.74 Å². The van der Waals surface area contributed by atoms with E-state index in [1.54, 1.807) is 36.4 Å². The topological polar surface area (TPSA) is 89.3 Å². The van der Waals surface area contributed by atoms with Gasteiger partial charge in [0.05, 0.1) is 0 Å². The number of benzene rings is 2. The molecule has 100 valence electrons. The molecule has 5 heteroatoms. The third-order valence-corrected chi connectivity index (χ3v) is 7.31. The molecule has 0 spiro atoms. The molecule has 0 aromatic heterocycles. The van der Waals surface area contributed by atoms with Crippen LogP contribution in [0.2, 0.25) is 0 Å². The third-order valence-electron chi connectivity index (χ3n) is 3.21. The van der Waals surface area contributed by atoms with E-state index in [1.165, 1.54) is 0 Å². The van der Waals surface area contributed by atoms with E-state index in [2.05, 4.69) is 0 Å². The molecule has 5 N–H and O–H groups in total. The van der Waals surface area contributed by atoms with Gasteiger partial charge in [0.25, 0.3) is 0 Å². The number of rotatable bonds is 2. The van der Waals surface area contributed by atoms with Crippen LogP contribution in [0, 0.1) is 13.8 Å². The normalized spacial score (nSPS) is 11.5. The van der Waals surface area contributed by atoms with Crippen molar-refractivity contribution < 1.29 is 7.84 Å². The molecule has 4 nitrogen and oxygen atoms in total. The molecule has 0 unspecified atom stereocenters.